The molecular weight excluding hydrogens is 703 g/mol. The highest BCUT2D eigenvalue weighted by molar-refractivity contribution is 6.03. The van der Waals surface area contributed by atoms with Crippen molar-refractivity contribution < 1.29 is 5.11 Å². The van der Waals surface area contributed by atoms with E-state index in [0.29, 0.717) is 0 Å². The Hall–Kier alpha value is -7.00. The molecule has 0 radical (unpaired) electrons. The van der Waals surface area contributed by atoms with Crippen LogP contribution in [0.2, 0.25) is 0 Å². The third kappa shape index (κ3) is 8.39. The fourth-order valence-corrected chi connectivity index (χ4v) is 7.65. The summed E-state index contributed by atoms with van der Waals surface area (Å²) in [5.41, 5.74) is 17.0. The predicted molar refractivity (Wildman–Crippen MR) is 248 cm³/mol. The first kappa shape index (κ1) is 37.9. The van der Waals surface area contributed by atoms with Gasteiger partial charge in [-0.2, -0.15) is 0 Å². The molecular formula is C56H47NO. The molecule has 0 saturated carbocycles. The molecule has 2 nitrogen and oxygen atoms in total. The van der Waals surface area contributed by atoms with Gasteiger partial charge in [0.25, 0.3) is 0 Å². The summed E-state index contributed by atoms with van der Waals surface area (Å²) in [5.74, 6) is 0. The Morgan fingerprint density at radius 3 is 1.60 bits per heavy atom. The molecule has 0 spiro atoms. The fraction of sp³-hybridized carbons (Fsp3) is 0.0714. The Morgan fingerprint density at radius 2 is 1.03 bits per heavy atom. The number of hydrogen-bond donors (Lipinski definition) is 1. The summed E-state index contributed by atoms with van der Waals surface area (Å²) in [6.07, 6.45) is 8.88. The second-order valence-electron chi connectivity index (χ2n) is 14.9. The molecule has 2 heteroatoms. The van der Waals surface area contributed by atoms with E-state index in [1.807, 2.05) is 6.07 Å². The Kier molecular flexibility index (Phi) is 11.4. The van der Waals surface area contributed by atoms with Crippen LogP contribution in [0.3, 0.4) is 0 Å². The highest BCUT2D eigenvalue weighted by Crippen LogP contribution is 2.42. The molecule has 0 unspecified atom stereocenters. The van der Waals surface area contributed by atoms with E-state index >= 15 is 0 Å². The Balaban J connectivity index is 1.21. The lowest BCUT2D eigenvalue weighted by Gasteiger charge is -2.29. The summed E-state index contributed by atoms with van der Waals surface area (Å²) in [6.45, 7) is 6.38. The first-order valence-electron chi connectivity index (χ1n) is 19.9. The Bertz CT molecular complexity index is 2650. The van der Waals surface area contributed by atoms with Gasteiger partial charge in [0.05, 0.1) is 12.3 Å². The van der Waals surface area contributed by atoms with E-state index in [9.17, 15) is 5.11 Å². The van der Waals surface area contributed by atoms with Gasteiger partial charge in [0.15, 0.2) is 0 Å². The number of nitrogens with zero attached hydrogens (tertiary/aromatic N) is 1. The van der Waals surface area contributed by atoms with Crippen LogP contribution in [0.1, 0.15) is 55.6 Å². The third-order valence-corrected chi connectivity index (χ3v) is 10.8. The van der Waals surface area contributed by atoms with Gasteiger partial charge in [-0.1, -0.05) is 193 Å². The Labute approximate surface area is 343 Å². The summed E-state index contributed by atoms with van der Waals surface area (Å²) >= 11 is 0. The van der Waals surface area contributed by atoms with Gasteiger partial charge in [-0.25, -0.2) is 0 Å². The topological polar surface area (TPSA) is 23.5 Å². The van der Waals surface area contributed by atoms with Gasteiger partial charge >= 0.3 is 0 Å². The van der Waals surface area contributed by atoms with E-state index in [0.717, 1.165) is 44.7 Å². The Morgan fingerprint density at radius 1 is 0.500 bits per heavy atom. The molecule has 0 bridgehead atoms. The summed E-state index contributed by atoms with van der Waals surface area (Å²) < 4.78 is 0. The molecule has 0 aliphatic carbocycles. The van der Waals surface area contributed by atoms with Crippen LogP contribution in [-0.4, -0.2) is 5.11 Å². The molecule has 1 N–H and O–H groups in total. The third-order valence-electron chi connectivity index (χ3n) is 10.8. The quantitative estimate of drug-likeness (QED) is 0.105. The molecule has 0 atom stereocenters. The van der Waals surface area contributed by atoms with Crippen LogP contribution in [0, 0.1) is 20.8 Å². The van der Waals surface area contributed by atoms with Crippen LogP contribution >= 0.6 is 0 Å². The monoisotopic (exact) mass is 749 g/mol. The van der Waals surface area contributed by atoms with E-state index in [1.165, 1.54) is 49.9 Å². The minimum absolute atomic E-state index is 0.00111. The molecule has 58 heavy (non-hydrogen) atoms. The van der Waals surface area contributed by atoms with Crippen molar-refractivity contribution in [1.29, 1.82) is 0 Å². The second kappa shape index (κ2) is 17.4. The lowest BCUT2D eigenvalue weighted by atomic mass is 9.94. The van der Waals surface area contributed by atoms with Crippen molar-refractivity contribution in [1.82, 2.24) is 0 Å². The molecule has 0 aromatic heterocycles. The number of benzene rings is 8. The van der Waals surface area contributed by atoms with Crippen LogP contribution in [0.4, 0.5) is 17.1 Å². The van der Waals surface area contributed by atoms with E-state index in [-0.39, 0.29) is 6.61 Å². The maximum absolute atomic E-state index is 10.00. The highest BCUT2D eigenvalue weighted by Gasteiger charge is 2.19. The van der Waals surface area contributed by atoms with Crippen molar-refractivity contribution in [2.75, 3.05) is 4.90 Å². The number of allylic oxidation sites excluding steroid dienone is 2. The molecule has 8 aromatic carbocycles. The average Bonchev–Trinajstić information content (AvgIpc) is 3.27. The van der Waals surface area contributed by atoms with Crippen LogP contribution in [-0.2, 0) is 6.61 Å². The molecule has 0 fully saturated rings. The van der Waals surface area contributed by atoms with E-state index in [4.69, 9.17) is 0 Å². The van der Waals surface area contributed by atoms with Gasteiger partial charge in [-0.05, 0) is 112 Å². The number of hydrogen-bond acceptors (Lipinski definition) is 2. The van der Waals surface area contributed by atoms with Gasteiger partial charge in [0.1, 0.15) is 0 Å². The zero-order chi connectivity index (χ0) is 39.8. The zero-order valence-electron chi connectivity index (χ0n) is 33.3. The minimum Gasteiger partial charge on any atom is -0.392 e. The largest absolute Gasteiger partial charge is 0.392 e. The van der Waals surface area contributed by atoms with Crippen LogP contribution in [0.25, 0.3) is 34.1 Å². The lowest BCUT2D eigenvalue weighted by molar-refractivity contribution is 0.282. The molecule has 282 valence electrons. The van der Waals surface area contributed by atoms with Gasteiger partial charge in [0, 0.05) is 16.8 Å². The predicted octanol–water partition coefficient (Wildman–Crippen LogP) is 14.5. The maximum atomic E-state index is 10.00. The van der Waals surface area contributed by atoms with Crippen molar-refractivity contribution in [3.8, 4) is 0 Å². The number of anilines is 3. The summed E-state index contributed by atoms with van der Waals surface area (Å²) in [5, 5.41) is 12.3. The lowest BCUT2D eigenvalue weighted by Crippen LogP contribution is -2.12. The van der Waals surface area contributed by atoms with E-state index < -0.39 is 0 Å². The maximum Gasteiger partial charge on any atom is 0.0681 e. The standard InChI is InChI=1S/C56H47NO/c1-40-21-28-48(29-22-40)54(49-30-23-41(2)24-31-49)38-43-25-33-50(34-26-43)57(55-35-27-44(39-58)37-42(55)3)56-36-32-47(52-18-10-11-19-53(52)56)17-12-20-51(45-13-6-4-7-14-45)46-15-8-5-9-16-46/h4-38,58H,39H2,1-3H3/b17-12+. The summed E-state index contributed by atoms with van der Waals surface area (Å²) in [6, 6.07) is 66.9. The van der Waals surface area contributed by atoms with E-state index in [2.05, 4.69) is 232 Å². The van der Waals surface area contributed by atoms with Crippen molar-refractivity contribution in [3.63, 3.8) is 0 Å². The molecule has 0 amide bonds. The number of aliphatic hydroxyl groups is 1. The number of aryl methyl sites for hydroxylation is 3. The SMILES string of the molecule is Cc1ccc(C(=Cc2ccc(N(c3ccc(CO)cc3C)c3ccc(/C=C/C=C(c4ccccc4)c4ccccc4)c4ccccc34)cc2)c2ccc(C)cc2)cc1. The summed E-state index contributed by atoms with van der Waals surface area (Å²) in [4.78, 5) is 2.35. The number of rotatable bonds is 11. The minimum atomic E-state index is 0.00111. The van der Waals surface area contributed by atoms with Crippen LogP contribution < -0.4 is 4.90 Å². The highest BCUT2D eigenvalue weighted by atomic mass is 16.3. The summed E-state index contributed by atoms with van der Waals surface area (Å²) in [7, 11) is 0. The van der Waals surface area contributed by atoms with Crippen molar-refractivity contribution in [2.24, 2.45) is 0 Å². The van der Waals surface area contributed by atoms with E-state index in [1.54, 1.807) is 0 Å². The smallest absolute Gasteiger partial charge is 0.0681 e. The van der Waals surface area contributed by atoms with Crippen molar-refractivity contribution in [2.45, 2.75) is 27.4 Å². The second-order valence-corrected chi connectivity index (χ2v) is 14.9. The van der Waals surface area contributed by atoms with Gasteiger partial charge < -0.3 is 10.0 Å². The first-order chi connectivity index (χ1) is 28.4. The zero-order valence-corrected chi connectivity index (χ0v) is 33.3. The van der Waals surface area contributed by atoms with Gasteiger partial charge in [-0.15, -0.1) is 0 Å². The molecule has 8 aromatic rings. The van der Waals surface area contributed by atoms with Gasteiger partial charge in [-0.3, -0.25) is 0 Å². The molecule has 8 rings (SSSR count). The molecule has 0 aliphatic heterocycles. The average molecular weight is 750 g/mol. The first-order valence-corrected chi connectivity index (χ1v) is 19.9. The van der Waals surface area contributed by atoms with Crippen molar-refractivity contribution >= 4 is 51.1 Å². The van der Waals surface area contributed by atoms with Crippen LogP contribution in [0.5, 0.6) is 0 Å². The molecule has 0 heterocycles. The number of aliphatic hydroxyl groups excluding tert-OH is 1. The molecule has 0 saturated heterocycles. The molecule has 0 aliphatic rings. The fourth-order valence-electron chi connectivity index (χ4n) is 7.65. The van der Waals surface area contributed by atoms with Crippen molar-refractivity contribution in [3.05, 3.63) is 256 Å². The number of fused-ring (bicyclic) bond motifs is 1. The van der Waals surface area contributed by atoms with Crippen LogP contribution in [0.15, 0.2) is 200 Å². The normalized spacial score (nSPS) is 11.1. The van der Waals surface area contributed by atoms with Gasteiger partial charge in [0.2, 0.25) is 0 Å².